The molecule has 1 aliphatic heterocycles. The predicted octanol–water partition coefficient (Wildman–Crippen LogP) is 3.17. The molecular weight excluding hydrogens is 367 g/mol. The van der Waals surface area contributed by atoms with E-state index < -0.39 is 11.8 Å². The van der Waals surface area contributed by atoms with E-state index in [0.717, 1.165) is 5.01 Å². The van der Waals surface area contributed by atoms with Crippen molar-refractivity contribution >= 4 is 46.8 Å². The van der Waals surface area contributed by atoms with Gasteiger partial charge in [-0.25, -0.2) is 5.01 Å². The number of ether oxygens (including phenoxy) is 1. The Morgan fingerprint density at radius 2 is 1.84 bits per heavy atom. The minimum Gasteiger partial charge on any atom is -0.503 e. The first-order valence-electron chi connectivity index (χ1n) is 7.10. The van der Waals surface area contributed by atoms with Crippen molar-refractivity contribution in [2.75, 3.05) is 12.1 Å². The molecular formula is C17H12Cl2N2O4. The number of halogens is 2. The molecule has 3 rings (SSSR count). The normalized spacial score (nSPS) is 15.6. The number of nitrogens with zero attached hydrogens (tertiary/aromatic N) is 1. The van der Waals surface area contributed by atoms with E-state index in [1.165, 1.54) is 25.3 Å². The lowest BCUT2D eigenvalue weighted by Crippen LogP contribution is -2.35. The van der Waals surface area contributed by atoms with Crippen molar-refractivity contribution in [1.82, 2.24) is 5.43 Å². The summed E-state index contributed by atoms with van der Waals surface area (Å²) in [5.74, 6) is -1.14. The second-order valence-electron chi connectivity index (χ2n) is 5.17. The quantitative estimate of drug-likeness (QED) is 0.634. The summed E-state index contributed by atoms with van der Waals surface area (Å²) in [4.78, 5) is 24.7. The van der Waals surface area contributed by atoms with Crippen LogP contribution in [0.2, 0.25) is 10.0 Å². The second kappa shape index (κ2) is 6.66. The number of carbonyl (C=O) groups excluding carboxylic acids is 2. The molecule has 1 aliphatic rings. The highest BCUT2D eigenvalue weighted by molar-refractivity contribution is 6.33. The van der Waals surface area contributed by atoms with Crippen LogP contribution in [-0.4, -0.2) is 24.0 Å². The van der Waals surface area contributed by atoms with Gasteiger partial charge in [-0.15, -0.1) is 0 Å². The standard InChI is InChI=1S/C17H12Cl2N2O4/c1-25-14-8-9(7-13(19)15(14)22)6-12-16(23)20-21(17(12)24)11-4-2-10(18)3-5-11/h2-8,22H,1H3,(H,20,23)/b12-6+. The Labute approximate surface area is 153 Å². The van der Waals surface area contributed by atoms with Crippen LogP contribution in [0.5, 0.6) is 11.5 Å². The van der Waals surface area contributed by atoms with Crippen LogP contribution >= 0.6 is 23.2 Å². The average molecular weight is 379 g/mol. The van der Waals surface area contributed by atoms with Crippen molar-refractivity contribution in [3.63, 3.8) is 0 Å². The number of methoxy groups -OCH3 is 1. The van der Waals surface area contributed by atoms with Crippen molar-refractivity contribution < 1.29 is 19.4 Å². The Kier molecular flexibility index (Phi) is 4.57. The molecule has 1 saturated heterocycles. The summed E-state index contributed by atoms with van der Waals surface area (Å²) >= 11 is 11.8. The second-order valence-corrected chi connectivity index (χ2v) is 6.01. The summed E-state index contributed by atoms with van der Waals surface area (Å²) < 4.78 is 5.01. The number of hydrazine groups is 1. The maximum absolute atomic E-state index is 12.5. The van der Waals surface area contributed by atoms with E-state index >= 15 is 0 Å². The molecule has 2 aromatic rings. The molecule has 0 bridgehead atoms. The van der Waals surface area contributed by atoms with E-state index in [9.17, 15) is 14.7 Å². The molecule has 2 aromatic carbocycles. The molecule has 0 radical (unpaired) electrons. The Hall–Kier alpha value is -2.70. The molecule has 0 aromatic heterocycles. The van der Waals surface area contributed by atoms with Gasteiger partial charge in [0.2, 0.25) is 0 Å². The smallest absolute Gasteiger partial charge is 0.282 e. The zero-order chi connectivity index (χ0) is 18.1. The van der Waals surface area contributed by atoms with Crippen LogP contribution in [0.1, 0.15) is 5.56 Å². The number of aromatic hydroxyl groups is 1. The number of carbonyl (C=O) groups is 2. The Morgan fingerprint density at radius 3 is 2.48 bits per heavy atom. The average Bonchev–Trinajstić information content (AvgIpc) is 2.86. The van der Waals surface area contributed by atoms with Crippen molar-refractivity contribution in [2.24, 2.45) is 0 Å². The molecule has 2 amide bonds. The summed E-state index contributed by atoms with van der Waals surface area (Å²) in [6.45, 7) is 0. The van der Waals surface area contributed by atoms with Crippen LogP contribution in [0.3, 0.4) is 0 Å². The van der Waals surface area contributed by atoms with Crippen LogP contribution in [0, 0.1) is 0 Å². The van der Waals surface area contributed by atoms with Crippen LogP contribution in [0.4, 0.5) is 5.69 Å². The Balaban J connectivity index is 1.96. The number of phenolic OH excluding ortho intramolecular Hbond substituents is 1. The number of nitrogens with one attached hydrogen (secondary N) is 1. The molecule has 0 spiro atoms. The van der Waals surface area contributed by atoms with Gasteiger partial charge in [0.1, 0.15) is 5.57 Å². The number of phenols is 1. The summed E-state index contributed by atoms with van der Waals surface area (Å²) in [6, 6.07) is 9.36. The molecule has 8 heteroatoms. The molecule has 0 unspecified atom stereocenters. The lowest BCUT2D eigenvalue weighted by Gasteiger charge is -2.14. The molecule has 1 fully saturated rings. The number of rotatable bonds is 3. The van der Waals surface area contributed by atoms with Crippen LogP contribution in [-0.2, 0) is 9.59 Å². The highest BCUT2D eigenvalue weighted by Crippen LogP contribution is 2.36. The van der Waals surface area contributed by atoms with E-state index in [1.807, 2.05) is 0 Å². The van der Waals surface area contributed by atoms with Crippen LogP contribution in [0.25, 0.3) is 6.08 Å². The lowest BCUT2D eigenvalue weighted by atomic mass is 10.1. The molecule has 25 heavy (non-hydrogen) atoms. The van der Waals surface area contributed by atoms with E-state index in [1.54, 1.807) is 24.3 Å². The topological polar surface area (TPSA) is 78.9 Å². The molecule has 0 saturated carbocycles. The highest BCUT2D eigenvalue weighted by atomic mass is 35.5. The van der Waals surface area contributed by atoms with Crippen molar-refractivity contribution in [3.05, 3.63) is 57.6 Å². The van der Waals surface area contributed by atoms with Gasteiger partial charge < -0.3 is 9.84 Å². The molecule has 128 valence electrons. The Bertz CT molecular complexity index is 894. The van der Waals surface area contributed by atoms with Gasteiger partial charge in [-0.05, 0) is 48.0 Å². The SMILES string of the molecule is COc1cc(/C=C2\C(=O)NN(c3ccc(Cl)cc3)C2=O)cc(Cl)c1O. The summed E-state index contributed by atoms with van der Waals surface area (Å²) in [6.07, 6.45) is 1.38. The summed E-state index contributed by atoms with van der Waals surface area (Å²) in [5, 5.41) is 11.5. The number of amides is 2. The van der Waals surface area contributed by atoms with Crippen LogP contribution < -0.4 is 15.2 Å². The highest BCUT2D eigenvalue weighted by Gasteiger charge is 2.34. The van der Waals surface area contributed by atoms with E-state index in [2.05, 4.69) is 5.43 Å². The van der Waals surface area contributed by atoms with Gasteiger partial charge in [-0.3, -0.25) is 15.0 Å². The van der Waals surface area contributed by atoms with Gasteiger partial charge in [-0.1, -0.05) is 23.2 Å². The molecule has 0 atom stereocenters. The van der Waals surface area contributed by atoms with Gasteiger partial charge in [-0.2, -0.15) is 0 Å². The van der Waals surface area contributed by atoms with Crippen molar-refractivity contribution in [1.29, 1.82) is 0 Å². The van der Waals surface area contributed by atoms with E-state index in [-0.39, 0.29) is 22.1 Å². The number of hydrogen-bond acceptors (Lipinski definition) is 4. The first-order valence-corrected chi connectivity index (χ1v) is 7.85. The Morgan fingerprint density at radius 1 is 1.16 bits per heavy atom. The van der Waals surface area contributed by atoms with Crippen molar-refractivity contribution in [3.8, 4) is 11.5 Å². The van der Waals surface area contributed by atoms with Crippen LogP contribution in [0.15, 0.2) is 42.0 Å². The third kappa shape index (κ3) is 3.26. The molecule has 1 heterocycles. The third-order valence-corrected chi connectivity index (χ3v) is 4.10. The first-order chi connectivity index (χ1) is 11.9. The lowest BCUT2D eigenvalue weighted by molar-refractivity contribution is -0.117. The zero-order valence-electron chi connectivity index (χ0n) is 12.9. The van der Waals surface area contributed by atoms with E-state index in [4.69, 9.17) is 27.9 Å². The fraction of sp³-hybridized carbons (Fsp3) is 0.0588. The largest absolute Gasteiger partial charge is 0.503 e. The van der Waals surface area contributed by atoms with Gasteiger partial charge in [0.25, 0.3) is 11.8 Å². The first kappa shape index (κ1) is 17.1. The predicted molar refractivity (Wildman–Crippen MR) is 94.7 cm³/mol. The zero-order valence-corrected chi connectivity index (χ0v) is 14.4. The number of anilines is 1. The molecule has 6 nitrogen and oxygen atoms in total. The summed E-state index contributed by atoms with van der Waals surface area (Å²) in [7, 11) is 1.37. The maximum atomic E-state index is 12.5. The van der Waals surface area contributed by atoms with E-state index in [0.29, 0.717) is 16.3 Å². The summed E-state index contributed by atoms with van der Waals surface area (Å²) in [5.41, 5.74) is 3.33. The number of benzene rings is 2. The fourth-order valence-corrected chi connectivity index (χ4v) is 2.67. The number of hydrogen-bond donors (Lipinski definition) is 2. The maximum Gasteiger partial charge on any atom is 0.282 e. The van der Waals surface area contributed by atoms with Gasteiger partial charge in [0, 0.05) is 5.02 Å². The minimum atomic E-state index is -0.553. The minimum absolute atomic E-state index is 0.0478. The fourth-order valence-electron chi connectivity index (χ4n) is 2.33. The molecule has 0 aliphatic carbocycles. The third-order valence-electron chi connectivity index (χ3n) is 3.56. The van der Waals surface area contributed by atoms with Gasteiger partial charge in [0.15, 0.2) is 11.5 Å². The molecule has 2 N–H and O–H groups in total. The monoisotopic (exact) mass is 378 g/mol. The van der Waals surface area contributed by atoms with Crippen molar-refractivity contribution in [2.45, 2.75) is 0 Å². The van der Waals surface area contributed by atoms with Gasteiger partial charge in [0.05, 0.1) is 17.8 Å². The van der Waals surface area contributed by atoms with Gasteiger partial charge >= 0.3 is 0 Å².